The van der Waals surface area contributed by atoms with Crippen LogP contribution in [0.1, 0.15) is 188 Å². The lowest BCUT2D eigenvalue weighted by Crippen LogP contribution is -2.30. The third-order valence-electron chi connectivity index (χ3n) is 10.7. The largest absolute Gasteiger partial charge is 0.472 e. The first-order chi connectivity index (χ1) is 33.0. The number of aliphatic hydroxyl groups is 3. The van der Waals surface area contributed by atoms with Crippen LogP contribution in [0.25, 0.3) is 0 Å². The summed E-state index contributed by atoms with van der Waals surface area (Å²) in [4.78, 5) is 52.9. The molecule has 0 aromatic heterocycles. The van der Waals surface area contributed by atoms with Gasteiger partial charge in [-0.1, -0.05) is 209 Å². The van der Waals surface area contributed by atoms with Gasteiger partial charge in [-0.3, -0.25) is 23.2 Å². The first kappa shape index (κ1) is 66.5. The predicted molar refractivity (Wildman–Crippen MR) is 274 cm³/mol. The molecular weight excluding hydrogens is 927 g/mol. The molecule has 5 atom stereocenters. The van der Waals surface area contributed by atoms with E-state index >= 15 is 0 Å². The number of allylic oxidation sites excluding steroid dienone is 8. The Bertz CT molecular complexity index is 1540. The molecule has 0 saturated carbocycles. The van der Waals surface area contributed by atoms with Crippen LogP contribution in [0.2, 0.25) is 0 Å². The zero-order valence-electron chi connectivity index (χ0n) is 42.3. The van der Waals surface area contributed by atoms with Crippen LogP contribution in [0.3, 0.4) is 0 Å². The summed E-state index contributed by atoms with van der Waals surface area (Å²) in [6, 6.07) is 0. The molecular formula is C52H92O15P2. The normalized spacial score (nSPS) is 15.4. The molecule has 400 valence electrons. The Labute approximate surface area is 415 Å². The average Bonchev–Trinajstić information content (AvgIpc) is 3.29. The lowest BCUT2D eigenvalue weighted by molar-refractivity contribution is -0.161. The van der Waals surface area contributed by atoms with Crippen molar-refractivity contribution in [2.24, 2.45) is 5.92 Å². The summed E-state index contributed by atoms with van der Waals surface area (Å²) in [6.07, 6.45) is 43.9. The van der Waals surface area contributed by atoms with Crippen LogP contribution in [0.15, 0.2) is 72.9 Å². The lowest BCUT2D eigenvalue weighted by atomic mass is 10.0. The molecule has 69 heavy (non-hydrogen) atoms. The van der Waals surface area contributed by atoms with Crippen LogP contribution in [0, 0.1) is 5.92 Å². The van der Waals surface area contributed by atoms with Gasteiger partial charge in [0.05, 0.1) is 32.0 Å². The van der Waals surface area contributed by atoms with Crippen LogP contribution in [0.4, 0.5) is 0 Å². The van der Waals surface area contributed by atoms with Crippen LogP contribution in [-0.4, -0.2) is 92.8 Å². The van der Waals surface area contributed by atoms with Gasteiger partial charge in [-0.15, -0.1) is 0 Å². The number of esters is 2. The van der Waals surface area contributed by atoms with Crippen molar-refractivity contribution in [3.05, 3.63) is 72.9 Å². The van der Waals surface area contributed by atoms with Gasteiger partial charge in [-0.25, -0.2) is 9.13 Å². The summed E-state index contributed by atoms with van der Waals surface area (Å²) in [7, 11) is -9.76. The quantitative estimate of drug-likeness (QED) is 0.0109. The summed E-state index contributed by atoms with van der Waals surface area (Å²) in [6.45, 7) is 3.73. The Morgan fingerprint density at radius 2 is 1.04 bits per heavy atom. The number of hydrogen-bond acceptors (Lipinski definition) is 12. The van der Waals surface area contributed by atoms with E-state index in [1.54, 1.807) is 30.4 Å². The van der Waals surface area contributed by atoms with E-state index < -0.39 is 78.4 Å². The third kappa shape index (κ3) is 50.2. The molecule has 17 heteroatoms. The van der Waals surface area contributed by atoms with Gasteiger partial charge in [-0.05, 0) is 44.4 Å². The number of carbonyl (C=O) groups is 2. The number of hydrogen-bond donors (Lipinski definition) is 6. The van der Waals surface area contributed by atoms with Crippen molar-refractivity contribution >= 4 is 27.6 Å². The highest BCUT2D eigenvalue weighted by atomic mass is 31.2. The summed E-state index contributed by atoms with van der Waals surface area (Å²) >= 11 is 0. The molecule has 0 fully saturated rings. The summed E-state index contributed by atoms with van der Waals surface area (Å²) < 4.78 is 47.8. The van der Waals surface area contributed by atoms with Gasteiger partial charge in [0.1, 0.15) is 12.7 Å². The van der Waals surface area contributed by atoms with E-state index in [2.05, 4.69) is 22.9 Å². The number of aliphatic hydroxyl groups excluding tert-OH is 3. The Hall–Kier alpha value is -2.52. The fourth-order valence-electron chi connectivity index (χ4n) is 6.80. The van der Waals surface area contributed by atoms with Crippen LogP contribution >= 0.6 is 15.6 Å². The van der Waals surface area contributed by atoms with E-state index in [1.807, 2.05) is 49.5 Å². The predicted octanol–water partition coefficient (Wildman–Crippen LogP) is 11.9. The van der Waals surface area contributed by atoms with Crippen molar-refractivity contribution in [3.8, 4) is 0 Å². The SMILES string of the molecule is CC/C=C\C[C@@H](O)/C=C/C=C\C/C=C\C=C\[C@@H](O)/C=C\CCCC(=O)OC[C@H](COP(=O)(O)OC[C@@H](O)COP(=O)(O)O)OC(=O)CCCCCCCCCCCCCCCCCCCCC(C)C. The maximum atomic E-state index is 12.7. The number of ether oxygens (including phenoxy) is 2. The molecule has 0 rings (SSSR count). The van der Waals surface area contributed by atoms with E-state index in [0.29, 0.717) is 32.1 Å². The van der Waals surface area contributed by atoms with Gasteiger partial charge in [0.2, 0.25) is 0 Å². The zero-order valence-corrected chi connectivity index (χ0v) is 44.1. The molecule has 0 radical (unpaired) electrons. The molecule has 1 unspecified atom stereocenters. The smallest absolute Gasteiger partial charge is 0.462 e. The second-order valence-electron chi connectivity index (χ2n) is 17.9. The maximum Gasteiger partial charge on any atom is 0.472 e. The highest BCUT2D eigenvalue weighted by Gasteiger charge is 2.28. The molecule has 0 heterocycles. The highest BCUT2D eigenvalue weighted by molar-refractivity contribution is 7.47. The van der Waals surface area contributed by atoms with Crippen LogP contribution < -0.4 is 0 Å². The number of phosphoric ester groups is 2. The molecule has 0 saturated heterocycles. The van der Waals surface area contributed by atoms with Crippen molar-refractivity contribution in [2.75, 3.05) is 26.4 Å². The van der Waals surface area contributed by atoms with Gasteiger partial charge < -0.3 is 39.5 Å². The lowest BCUT2D eigenvalue weighted by Gasteiger charge is -2.20. The third-order valence-corrected chi connectivity index (χ3v) is 12.1. The molecule has 0 aromatic rings. The standard InChI is InChI=1S/C52H92O15P2/c1-4-5-28-36-47(53)37-30-24-20-18-21-25-31-38-48(54)39-32-27-34-40-51(56)63-44-50(45-66-69(61,62)65-43-49(55)42-64-68(58,59)60)67-52(57)41-33-26-22-17-15-13-11-9-7-6-8-10-12-14-16-19-23-29-35-46(2)3/h5,20-21,24-25,28,30-32,37-39,46-50,53-55H,4,6-19,22-23,26-27,29,33-36,40-45H2,1-3H3,(H,61,62)(H2,58,59,60)/b24-20-,25-21-,28-5-,37-30+,38-31+,39-32-/t47-,48-,49+,50-/m1/s1. The van der Waals surface area contributed by atoms with Crippen LogP contribution in [-0.2, 0) is 41.8 Å². The van der Waals surface area contributed by atoms with E-state index in [4.69, 9.17) is 23.8 Å². The zero-order chi connectivity index (χ0) is 51.3. The number of rotatable bonds is 47. The minimum Gasteiger partial charge on any atom is -0.462 e. The topological polar surface area (TPSA) is 236 Å². The molecule has 0 amide bonds. The Morgan fingerprint density at radius 3 is 1.59 bits per heavy atom. The summed E-state index contributed by atoms with van der Waals surface area (Å²) in [5, 5.41) is 29.8. The molecule has 0 aliphatic heterocycles. The van der Waals surface area contributed by atoms with Gasteiger partial charge in [-0.2, -0.15) is 0 Å². The molecule has 15 nitrogen and oxygen atoms in total. The number of unbranched alkanes of at least 4 members (excludes halogenated alkanes) is 18. The van der Waals surface area contributed by atoms with Crippen molar-refractivity contribution in [3.63, 3.8) is 0 Å². The molecule has 6 N–H and O–H groups in total. The van der Waals surface area contributed by atoms with Crippen molar-refractivity contribution in [2.45, 2.75) is 212 Å². The first-order valence-electron chi connectivity index (χ1n) is 25.7. The van der Waals surface area contributed by atoms with E-state index in [-0.39, 0.29) is 12.8 Å². The van der Waals surface area contributed by atoms with E-state index in [0.717, 1.165) is 38.0 Å². The fraction of sp³-hybridized carbons (Fsp3) is 0.731. The second kappa shape index (κ2) is 45.4. The monoisotopic (exact) mass is 1020 g/mol. The van der Waals surface area contributed by atoms with E-state index in [1.165, 1.54) is 89.9 Å². The molecule has 0 bridgehead atoms. The molecule has 0 aromatic carbocycles. The Morgan fingerprint density at radius 1 is 0.536 bits per heavy atom. The fourth-order valence-corrected chi connectivity index (χ4v) is 7.96. The van der Waals surface area contributed by atoms with Gasteiger partial charge in [0.15, 0.2) is 6.10 Å². The van der Waals surface area contributed by atoms with Crippen LogP contribution in [0.5, 0.6) is 0 Å². The summed E-state index contributed by atoms with van der Waals surface area (Å²) in [5.74, 6) is -0.390. The van der Waals surface area contributed by atoms with E-state index in [9.17, 15) is 38.9 Å². The maximum absolute atomic E-state index is 12.7. The molecule has 0 aliphatic rings. The highest BCUT2D eigenvalue weighted by Crippen LogP contribution is 2.44. The first-order valence-corrected chi connectivity index (χ1v) is 28.7. The molecule has 0 spiro atoms. The van der Waals surface area contributed by atoms with Crippen molar-refractivity contribution < 1.29 is 71.8 Å². The van der Waals surface area contributed by atoms with Crippen molar-refractivity contribution in [1.29, 1.82) is 0 Å². The molecule has 0 aliphatic carbocycles. The van der Waals surface area contributed by atoms with Gasteiger partial charge in [0, 0.05) is 12.8 Å². The average molecular weight is 1020 g/mol. The number of phosphoric acid groups is 2. The minimum atomic E-state index is -4.89. The number of carbonyl (C=O) groups excluding carboxylic acids is 2. The van der Waals surface area contributed by atoms with Gasteiger partial charge >= 0.3 is 27.6 Å². The van der Waals surface area contributed by atoms with Gasteiger partial charge in [0.25, 0.3) is 0 Å². The van der Waals surface area contributed by atoms with Crippen molar-refractivity contribution in [1.82, 2.24) is 0 Å². The minimum absolute atomic E-state index is 0.00724. The Kier molecular flexibility index (Phi) is 43.7. The second-order valence-corrected chi connectivity index (χ2v) is 20.6. The Balaban J connectivity index is 4.60. The summed E-state index contributed by atoms with van der Waals surface area (Å²) in [5.41, 5.74) is 0.